The van der Waals surface area contributed by atoms with Crippen molar-refractivity contribution < 1.29 is 19.4 Å². The Morgan fingerprint density at radius 2 is 2.27 bits per heavy atom. The Morgan fingerprint density at radius 3 is 2.80 bits per heavy atom. The van der Waals surface area contributed by atoms with Gasteiger partial charge in [0.25, 0.3) is 0 Å². The van der Waals surface area contributed by atoms with Crippen LogP contribution in [0.1, 0.15) is 10.4 Å². The van der Waals surface area contributed by atoms with Gasteiger partial charge in [-0.2, -0.15) is 0 Å². The summed E-state index contributed by atoms with van der Waals surface area (Å²) < 4.78 is 9.74. The molecule has 5 heteroatoms. The molecule has 0 unspecified atom stereocenters. The van der Waals surface area contributed by atoms with Crippen molar-refractivity contribution in [3.8, 4) is 11.5 Å². The summed E-state index contributed by atoms with van der Waals surface area (Å²) in [5.74, 6) is -0.201. The number of aromatic hydroxyl groups is 1. The molecule has 0 aliphatic heterocycles. The van der Waals surface area contributed by atoms with Crippen LogP contribution >= 0.6 is 15.9 Å². The number of rotatable bonds is 4. The zero-order valence-corrected chi connectivity index (χ0v) is 9.78. The van der Waals surface area contributed by atoms with Crippen molar-refractivity contribution in [3.05, 3.63) is 23.8 Å². The smallest absolute Gasteiger partial charge is 0.341 e. The van der Waals surface area contributed by atoms with E-state index in [-0.39, 0.29) is 11.3 Å². The lowest BCUT2D eigenvalue weighted by molar-refractivity contribution is 0.0597. The van der Waals surface area contributed by atoms with Crippen molar-refractivity contribution in [3.63, 3.8) is 0 Å². The van der Waals surface area contributed by atoms with E-state index in [2.05, 4.69) is 20.7 Å². The Labute approximate surface area is 95.9 Å². The lowest BCUT2D eigenvalue weighted by atomic mass is 10.2. The maximum atomic E-state index is 11.1. The molecule has 0 atom stereocenters. The molecule has 1 N–H and O–H groups in total. The van der Waals surface area contributed by atoms with Crippen molar-refractivity contribution in [2.24, 2.45) is 0 Å². The molecule has 0 aliphatic rings. The summed E-state index contributed by atoms with van der Waals surface area (Å²) >= 11 is 3.21. The van der Waals surface area contributed by atoms with E-state index < -0.39 is 5.97 Å². The summed E-state index contributed by atoms with van der Waals surface area (Å²) in [6.07, 6.45) is 0. The molecule has 1 rings (SSSR count). The SMILES string of the molecule is COC(=O)c1ccc(OCCBr)cc1O. The highest BCUT2D eigenvalue weighted by Gasteiger charge is 2.11. The first kappa shape index (κ1) is 11.8. The van der Waals surface area contributed by atoms with Crippen LogP contribution in [0.2, 0.25) is 0 Å². The fraction of sp³-hybridized carbons (Fsp3) is 0.300. The topological polar surface area (TPSA) is 55.8 Å². The molecule has 0 heterocycles. The van der Waals surface area contributed by atoms with Crippen LogP contribution < -0.4 is 4.74 Å². The molecule has 0 amide bonds. The molecule has 0 fully saturated rings. The summed E-state index contributed by atoms with van der Waals surface area (Å²) in [6, 6.07) is 4.45. The molecular weight excluding hydrogens is 264 g/mol. The fourth-order valence-corrected chi connectivity index (χ4v) is 1.20. The second-order valence-electron chi connectivity index (χ2n) is 2.71. The van der Waals surface area contributed by atoms with Crippen LogP contribution in [0.25, 0.3) is 0 Å². The highest BCUT2D eigenvalue weighted by atomic mass is 79.9. The van der Waals surface area contributed by atoms with E-state index in [1.807, 2.05) is 0 Å². The van der Waals surface area contributed by atoms with E-state index in [1.54, 1.807) is 6.07 Å². The summed E-state index contributed by atoms with van der Waals surface area (Å²) in [4.78, 5) is 11.1. The van der Waals surface area contributed by atoms with Gasteiger partial charge in [-0.1, -0.05) is 15.9 Å². The van der Waals surface area contributed by atoms with E-state index in [0.29, 0.717) is 17.7 Å². The largest absolute Gasteiger partial charge is 0.507 e. The average Bonchev–Trinajstić information content (AvgIpc) is 2.25. The van der Waals surface area contributed by atoms with Gasteiger partial charge in [0.1, 0.15) is 17.1 Å². The molecule has 0 aromatic heterocycles. The van der Waals surface area contributed by atoms with Gasteiger partial charge in [0.2, 0.25) is 0 Å². The van der Waals surface area contributed by atoms with Crippen molar-refractivity contribution >= 4 is 21.9 Å². The van der Waals surface area contributed by atoms with Gasteiger partial charge in [-0.15, -0.1) is 0 Å². The lowest BCUT2D eigenvalue weighted by Crippen LogP contribution is -2.02. The van der Waals surface area contributed by atoms with Gasteiger partial charge < -0.3 is 14.6 Å². The summed E-state index contributed by atoms with van der Waals surface area (Å²) in [5, 5.41) is 10.2. The first-order valence-corrected chi connectivity index (χ1v) is 5.41. The van der Waals surface area contributed by atoms with Crippen LogP contribution in [0.15, 0.2) is 18.2 Å². The molecule has 1 aromatic carbocycles. The molecule has 0 radical (unpaired) electrons. The molecule has 15 heavy (non-hydrogen) atoms. The molecule has 0 saturated carbocycles. The van der Waals surface area contributed by atoms with E-state index >= 15 is 0 Å². The Hall–Kier alpha value is -1.23. The highest BCUT2D eigenvalue weighted by Crippen LogP contribution is 2.24. The van der Waals surface area contributed by atoms with Gasteiger partial charge in [-0.25, -0.2) is 4.79 Å². The van der Waals surface area contributed by atoms with E-state index in [9.17, 15) is 9.90 Å². The molecule has 0 spiro atoms. The van der Waals surface area contributed by atoms with Crippen molar-refractivity contribution in [1.82, 2.24) is 0 Å². The Bertz CT molecular complexity index is 351. The number of carbonyl (C=O) groups excluding carboxylic acids is 1. The lowest BCUT2D eigenvalue weighted by Gasteiger charge is -2.06. The van der Waals surface area contributed by atoms with Gasteiger partial charge in [0, 0.05) is 11.4 Å². The summed E-state index contributed by atoms with van der Waals surface area (Å²) in [7, 11) is 1.26. The molecule has 0 saturated heterocycles. The van der Waals surface area contributed by atoms with E-state index in [4.69, 9.17) is 4.74 Å². The number of hydrogen-bond acceptors (Lipinski definition) is 4. The van der Waals surface area contributed by atoms with E-state index in [1.165, 1.54) is 19.2 Å². The molecule has 0 aliphatic carbocycles. The van der Waals surface area contributed by atoms with Gasteiger partial charge in [-0.3, -0.25) is 0 Å². The summed E-state index contributed by atoms with van der Waals surface area (Å²) in [6.45, 7) is 0.497. The predicted molar refractivity (Wildman–Crippen MR) is 58.7 cm³/mol. The average molecular weight is 275 g/mol. The second-order valence-corrected chi connectivity index (χ2v) is 3.50. The van der Waals surface area contributed by atoms with Crippen LogP contribution in [-0.4, -0.2) is 30.1 Å². The van der Waals surface area contributed by atoms with Crippen LogP contribution in [0, 0.1) is 0 Å². The standard InChI is InChI=1S/C10H11BrO4/c1-14-10(13)8-3-2-7(6-9(8)12)15-5-4-11/h2-3,6,12H,4-5H2,1H3. The maximum absolute atomic E-state index is 11.1. The van der Waals surface area contributed by atoms with Crippen LogP contribution in [0.3, 0.4) is 0 Å². The van der Waals surface area contributed by atoms with Crippen molar-refractivity contribution in [1.29, 1.82) is 0 Å². The third-order valence-electron chi connectivity index (χ3n) is 1.72. The minimum Gasteiger partial charge on any atom is -0.507 e. The van der Waals surface area contributed by atoms with E-state index in [0.717, 1.165) is 0 Å². The Balaban J connectivity index is 2.83. The Kier molecular flexibility index (Phi) is 4.42. The second kappa shape index (κ2) is 5.60. The number of phenols is 1. The van der Waals surface area contributed by atoms with Crippen LogP contribution in [-0.2, 0) is 4.74 Å². The number of ether oxygens (including phenoxy) is 2. The Morgan fingerprint density at radius 1 is 1.53 bits per heavy atom. The highest BCUT2D eigenvalue weighted by molar-refractivity contribution is 9.09. The zero-order chi connectivity index (χ0) is 11.3. The third-order valence-corrected chi connectivity index (χ3v) is 2.04. The number of methoxy groups -OCH3 is 1. The first-order valence-electron chi connectivity index (χ1n) is 4.29. The van der Waals surface area contributed by atoms with Gasteiger partial charge >= 0.3 is 5.97 Å². The number of carbonyl (C=O) groups is 1. The quantitative estimate of drug-likeness (QED) is 0.674. The van der Waals surface area contributed by atoms with Crippen molar-refractivity contribution in [2.45, 2.75) is 0 Å². The molecule has 1 aromatic rings. The molecular formula is C10H11BrO4. The fourth-order valence-electron chi connectivity index (χ4n) is 1.04. The number of esters is 1. The van der Waals surface area contributed by atoms with Gasteiger partial charge in [0.05, 0.1) is 13.7 Å². The number of phenolic OH excluding ortho intramolecular Hbond substituents is 1. The van der Waals surface area contributed by atoms with Crippen molar-refractivity contribution in [2.75, 3.05) is 19.0 Å². The molecule has 0 bridgehead atoms. The van der Waals surface area contributed by atoms with Crippen LogP contribution in [0.5, 0.6) is 11.5 Å². The maximum Gasteiger partial charge on any atom is 0.341 e. The minimum absolute atomic E-state index is 0.128. The summed E-state index contributed by atoms with van der Waals surface area (Å²) in [5.41, 5.74) is 0.128. The molecule has 82 valence electrons. The number of hydrogen-bond donors (Lipinski definition) is 1. The normalized spacial score (nSPS) is 9.73. The monoisotopic (exact) mass is 274 g/mol. The van der Waals surface area contributed by atoms with Gasteiger partial charge in [0.15, 0.2) is 0 Å². The third kappa shape index (κ3) is 3.13. The predicted octanol–water partition coefficient (Wildman–Crippen LogP) is 1.95. The minimum atomic E-state index is -0.570. The van der Waals surface area contributed by atoms with Gasteiger partial charge in [-0.05, 0) is 12.1 Å². The molecule has 4 nitrogen and oxygen atoms in total. The number of alkyl halides is 1. The number of benzene rings is 1. The van der Waals surface area contributed by atoms with Crippen LogP contribution in [0.4, 0.5) is 0 Å². The number of halogens is 1. The first-order chi connectivity index (χ1) is 7.19. The zero-order valence-electron chi connectivity index (χ0n) is 8.20.